The van der Waals surface area contributed by atoms with E-state index in [9.17, 15) is 22.4 Å². The Hall–Kier alpha value is -4.04. The number of sulfonamides is 1. The van der Waals surface area contributed by atoms with Gasteiger partial charge in [-0.3, -0.25) is 14.2 Å². The molecule has 0 aliphatic carbocycles. The van der Waals surface area contributed by atoms with Crippen molar-refractivity contribution in [2.45, 2.75) is 45.7 Å². The molecular formula is C28H32ClFN8O4S. The van der Waals surface area contributed by atoms with Crippen LogP contribution in [-0.2, 0) is 17.1 Å². The van der Waals surface area contributed by atoms with Gasteiger partial charge in [0.25, 0.3) is 11.5 Å². The first-order valence-corrected chi connectivity index (χ1v) is 15.9. The van der Waals surface area contributed by atoms with Crippen LogP contribution in [0.15, 0.2) is 35.1 Å². The number of nitrogens with one attached hydrogen (secondary N) is 2. The first-order valence-electron chi connectivity index (χ1n) is 13.6. The lowest BCUT2D eigenvalue weighted by Gasteiger charge is -2.33. The van der Waals surface area contributed by atoms with E-state index in [1.165, 1.54) is 27.4 Å². The van der Waals surface area contributed by atoms with Crippen LogP contribution in [0.4, 0.5) is 16.0 Å². The normalized spacial score (nSPS) is 15.1. The maximum Gasteiger partial charge on any atom is 0.285 e. The summed E-state index contributed by atoms with van der Waals surface area (Å²) < 4.78 is 42.6. The third kappa shape index (κ3) is 6.34. The van der Waals surface area contributed by atoms with E-state index in [1.54, 1.807) is 20.0 Å². The zero-order chi connectivity index (χ0) is 31.2. The molecule has 4 heterocycles. The lowest BCUT2D eigenvalue weighted by atomic mass is 10.0. The van der Waals surface area contributed by atoms with Crippen LogP contribution in [0.3, 0.4) is 0 Å². The molecule has 4 aromatic rings. The Balaban J connectivity index is 1.49. The molecule has 5 rings (SSSR count). The maximum absolute atomic E-state index is 14.3. The van der Waals surface area contributed by atoms with Crippen LogP contribution in [-0.4, -0.2) is 58.0 Å². The summed E-state index contributed by atoms with van der Waals surface area (Å²) in [7, 11) is -2.16. The number of hydrogen-bond acceptors (Lipinski definition) is 9. The second-order valence-corrected chi connectivity index (χ2v) is 13.0. The van der Waals surface area contributed by atoms with Crippen LogP contribution >= 0.6 is 11.6 Å². The number of halogens is 2. The van der Waals surface area contributed by atoms with Crippen molar-refractivity contribution in [3.8, 4) is 0 Å². The van der Waals surface area contributed by atoms with E-state index in [4.69, 9.17) is 16.6 Å². The number of rotatable bonds is 7. The fourth-order valence-electron chi connectivity index (χ4n) is 5.46. The Bertz CT molecular complexity index is 1900. The lowest BCUT2D eigenvalue weighted by molar-refractivity contribution is 0.0977. The molecule has 12 nitrogen and oxygen atoms in total. The highest BCUT2D eigenvalue weighted by molar-refractivity contribution is 7.89. The first-order chi connectivity index (χ1) is 20.2. The number of hydrogen-bond donors (Lipinski definition) is 2. The smallest absolute Gasteiger partial charge is 0.285 e. The first kappa shape index (κ1) is 30.4. The van der Waals surface area contributed by atoms with Crippen molar-refractivity contribution >= 4 is 50.1 Å². The molecule has 1 aromatic carbocycles. The number of amides is 1. The van der Waals surface area contributed by atoms with Crippen molar-refractivity contribution in [3.63, 3.8) is 0 Å². The van der Waals surface area contributed by atoms with E-state index in [2.05, 4.69) is 15.4 Å². The van der Waals surface area contributed by atoms with Crippen molar-refractivity contribution in [2.75, 3.05) is 29.6 Å². The minimum absolute atomic E-state index is 0.0156. The topological polar surface area (TPSA) is 144 Å². The molecule has 1 amide bonds. The molecule has 15 heteroatoms. The van der Waals surface area contributed by atoms with Gasteiger partial charge in [-0.1, -0.05) is 17.7 Å². The van der Waals surface area contributed by atoms with Crippen LogP contribution in [0.2, 0.25) is 5.15 Å². The predicted octanol–water partition coefficient (Wildman–Crippen LogP) is 3.64. The van der Waals surface area contributed by atoms with Crippen LogP contribution in [0.25, 0.3) is 10.9 Å². The van der Waals surface area contributed by atoms with Gasteiger partial charge in [-0.25, -0.2) is 27.8 Å². The molecule has 1 fully saturated rings. The maximum atomic E-state index is 14.3. The lowest BCUT2D eigenvalue weighted by Crippen LogP contribution is -2.39. The number of benzene rings is 1. The highest BCUT2D eigenvalue weighted by atomic mass is 35.5. The van der Waals surface area contributed by atoms with E-state index in [0.717, 1.165) is 11.8 Å². The second-order valence-electron chi connectivity index (χ2n) is 10.9. The van der Waals surface area contributed by atoms with Gasteiger partial charge < -0.3 is 10.2 Å². The largest absolute Gasteiger partial charge is 0.377 e. The Morgan fingerprint density at radius 2 is 1.84 bits per heavy atom. The molecule has 0 saturated carbocycles. The van der Waals surface area contributed by atoms with Gasteiger partial charge in [0.2, 0.25) is 21.9 Å². The summed E-state index contributed by atoms with van der Waals surface area (Å²) in [6.45, 7) is 6.58. The highest BCUT2D eigenvalue weighted by Crippen LogP contribution is 2.31. The quantitative estimate of drug-likeness (QED) is 0.292. The molecule has 1 saturated heterocycles. The van der Waals surface area contributed by atoms with Crippen LogP contribution in [0, 0.1) is 19.8 Å². The molecule has 0 bridgehead atoms. The number of carbonyl (C=O) groups is 1. The zero-order valence-electron chi connectivity index (χ0n) is 24.4. The number of fused-ring (bicyclic) bond motifs is 1. The van der Waals surface area contributed by atoms with E-state index in [0.29, 0.717) is 54.0 Å². The van der Waals surface area contributed by atoms with E-state index in [-0.39, 0.29) is 34.1 Å². The number of nitrogens with zero attached hydrogens (tertiary/aromatic N) is 6. The molecule has 1 aliphatic heterocycles. The summed E-state index contributed by atoms with van der Waals surface area (Å²) in [5.41, 5.74) is 2.49. The molecule has 0 spiro atoms. The summed E-state index contributed by atoms with van der Waals surface area (Å²) in [5, 5.41) is 7.96. The third-order valence-corrected chi connectivity index (χ3v) is 8.20. The molecule has 228 valence electrons. The minimum atomic E-state index is -3.85. The zero-order valence-corrected chi connectivity index (χ0v) is 25.9. The standard InChI is InChI=1S/C28H32ClFN8O4S/c1-15-12-19(17(3)31-21-6-7-22(29)32-25(21)26(39)35-43(5,41)42)24-20(13-15)27(40)36(4)28(33-24)37-10-8-18(9-11-37)38-23(30)14-16(2)34-38/h6-7,12-14,17-18,31H,8-11H2,1-5H3,(H,35,39)/t17-/m1/s1. The second kappa shape index (κ2) is 11.6. The molecule has 0 unspecified atom stereocenters. The Morgan fingerprint density at radius 1 is 1.14 bits per heavy atom. The molecule has 2 N–H and O–H groups in total. The van der Waals surface area contributed by atoms with Gasteiger partial charge in [0.05, 0.1) is 40.6 Å². The average molecular weight is 631 g/mol. The molecule has 3 aromatic heterocycles. The van der Waals surface area contributed by atoms with Gasteiger partial charge in [-0.05, 0) is 57.4 Å². The summed E-state index contributed by atoms with van der Waals surface area (Å²) in [6, 6.07) is 7.55. The van der Waals surface area contributed by atoms with Crippen molar-refractivity contribution in [2.24, 2.45) is 7.05 Å². The Kier molecular flexibility index (Phi) is 8.18. The van der Waals surface area contributed by atoms with Crippen LogP contribution < -0.4 is 20.5 Å². The van der Waals surface area contributed by atoms with Gasteiger partial charge in [-0.2, -0.15) is 9.49 Å². The number of aromatic nitrogens is 5. The van der Waals surface area contributed by atoms with Gasteiger partial charge in [0, 0.05) is 31.8 Å². The summed E-state index contributed by atoms with van der Waals surface area (Å²) in [6.07, 6.45) is 2.13. The van der Waals surface area contributed by atoms with Crippen molar-refractivity contribution < 1.29 is 17.6 Å². The number of carbonyl (C=O) groups excluding carboxylic acids is 1. The van der Waals surface area contributed by atoms with E-state index >= 15 is 0 Å². The molecule has 1 aliphatic rings. The predicted molar refractivity (Wildman–Crippen MR) is 163 cm³/mol. The monoisotopic (exact) mass is 630 g/mol. The highest BCUT2D eigenvalue weighted by Gasteiger charge is 2.27. The van der Waals surface area contributed by atoms with Crippen LogP contribution in [0.5, 0.6) is 0 Å². The van der Waals surface area contributed by atoms with Crippen LogP contribution in [0.1, 0.15) is 59.2 Å². The number of pyridine rings is 1. The summed E-state index contributed by atoms with van der Waals surface area (Å²) in [5.74, 6) is -0.801. The number of piperidine rings is 1. The minimum Gasteiger partial charge on any atom is -0.377 e. The number of anilines is 2. The fourth-order valence-corrected chi connectivity index (χ4v) is 6.04. The van der Waals surface area contributed by atoms with E-state index in [1.807, 2.05) is 29.5 Å². The third-order valence-electron chi connectivity index (χ3n) is 7.43. The van der Waals surface area contributed by atoms with E-state index < -0.39 is 22.0 Å². The van der Waals surface area contributed by atoms with Crippen molar-refractivity contribution in [1.82, 2.24) is 29.0 Å². The summed E-state index contributed by atoms with van der Waals surface area (Å²) in [4.78, 5) is 37.3. The average Bonchev–Trinajstić information content (AvgIpc) is 3.28. The molecule has 1 atom stereocenters. The SMILES string of the molecule is Cc1cc([C@@H](C)Nc2ccc(Cl)nc2C(=O)NS(C)(=O)=O)c2nc(N3CCC(n4nc(C)cc4F)CC3)n(C)c(=O)c2c1. The van der Waals surface area contributed by atoms with Gasteiger partial charge in [0.1, 0.15) is 5.15 Å². The fraction of sp³-hybridized carbons (Fsp3) is 0.393. The Morgan fingerprint density at radius 3 is 2.47 bits per heavy atom. The van der Waals surface area contributed by atoms with Crippen molar-refractivity contribution in [1.29, 1.82) is 0 Å². The van der Waals surface area contributed by atoms with Crippen molar-refractivity contribution in [3.05, 3.63) is 74.3 Å². The van der Waals surface area contributed by atoms with Gasteiger partial charge in [-0.15, -0.1) is 0 Å². The molecule has 0 radical (unpaired) electrons. The molecular weight excluding hydrogens is 599 g/mol. The number of aryl methyl sites for hydroxylation is 2. The molecule has 43 heavy (non-hydrogen) atoms. The van der Waals surface area contributed by atoms with Gasteiger partial charge >= 0.3 is 0 Å². The van der Waals surface area contributed by atoms with Gasteiger partial charge in [0.15, 0.2) is 5.69 Å². The summed E-state index contributed by atoms with van der Waals surface area (Å²) >= 11 is 6.02. The Labute approximate surface area is 252 Å².